The first-order valence-electron chi connectivity index (χ1n) is 3.01. The number of halogens is 1. The number of hydrogen-bond donors (Lipinski definition) is 1. The van der Waals surface area contributed by atoms with E-state index < -0.39 is 17.6 Å². The molecule has 0 heterocycles. The number of alkyl halides is 1. The van der Waals surface area contributed by atoms with Crippen LogP contribution in [0, 0.1) is 5.41 Å². The molecule has 0 saturated heterocycles. The number of carboxylic acid groups (broad SMARTS) is 1. The number of rotatable bonds is 2. The minimum atomic E-state index is -1.10. The van der Waals surface area contributed by atoms with Crippen molar-refractivity contribution in [1.82, 2.24) is 0 Å². The highest BCUT2D eigenvalue weighted by molar-refractivity contribution is 5.79. The molecule has 0 spiro atoms. The summed E-state index contributed by atoms with van der Waals surface area (Å²) in [5.74, 6) is -0.988. The van der Waals surface area contributed by atoms with Crippen LogP contribution in [0.3, 0.4) is 0 Å². The lowest BCUT2D eigenvalue weighted by atomic mass is 10.0. The Bertz CT molecular complexity index is 142. The summed E-state index contributed by atoms with van der Waals surface area (Å²) in [6.07, 6.45) is -0.484. The lowest BCUT2D eigenvalue weighted by Crippen LogP contribution is -2.16. The van der Waals surface area contributed by atoms with Crippen LogP contribution in [0.5, 0.6) is 0 Å². The van der Waals surface area contributed by atoms with Gasteiger partial charge in [0.1, 0.15) is 11.6 Å². The van der Waals surface area contributed by atoms with Gasteiger partial charge in [-0.1, -0.05) is 6.92 Å². The Balaban J connectivity index is 2.62. The second kappa shape index (κ2) is 1.69. The van der Waals surface area contributed by atoms with Gasteiger partial charge in [0.15, 0.2) is 0 Å². The predicted octanol–water partition coefficient (Wildman–Crippen LogP) is 1.21. The molecule has 3 heteroatoms. The Morgan fingerprint density at radius 2 is 2.44 bits per heavy atom. The van der Waals surface area contributed by atoms with Gasteiger partial charge in [0.25, 0.3) is 0 Å². The third-order valence-electron chi connectivity index (χ3n) is 2.04. The van der Waals surface area contributed by atoms with E-state index in [2.05, 4.69) is 0 Å². The van der Waals surface area contributed by atoms with Crippen molar-refractivity contribution in [3.05, 3.63) is 0 Å². The Kier molecular flexibility index (Phi) is 1.22. The molecule has 0 amide bonds. The normalized spacial score (nSPS) is 40.4. The highest BCUT2D eigenvalue weighted by atomic mass is 19.1. The smallest absolute Gasteiger partial charge is 0.312 e. The summed E-state index contributed by atoms with van der Waals surface area (Å²) in [5.41, 5.74) is -1.00. The average molecular weight is 132 g/mol. The topological polar surface area (TPSA) is 37.3 Å². The van der Waals surface area contributed by atoms with Crippen molar-refractivity contribution in [2.24, 2.45) is 5.41 Å². The van der Waals surface area contributed by atoms with Gasteiger partial charge in [0, 0.05) is 0 Å². The van der Waals surface area contributed by atoms with Crippen molar-refractivity contribution in [3.63, 3.8) is 0 Å². The summed E-state index contributed by atoms with van der Waals surface area (Å²) in [4.78, 5) is 10.3. The largest absolute Gasteiger partial charge is 0.481 e. The Hall–Kier alpha value is -0.600. The molecular formula is C6H9FO2. The molecule has 1 aliphatic rings. The van der Waals surface area contributed by atoms with Crippen LogP contribution in [-0.2, 0) is 4.79 Å². The van der Waals surface area contributed by atoms with Gasteiger partial charge in [0.2, 0.25) is 0 Å². The molecular weight excluding hydrogens is 123 g/mol. The van der Waals surface area contributed by atoms with E-state index in [1.807, 2.05) is 0 Å². The summed E-state index contributed by atoms with van der Waals surface area (Å²) in [5, 5.41) is 8.43. The van der Waals surface area contributed by atoms with Crippen molar-refractivity contribution in [3.8, 4) is 0 Å². The van der Waals surface area contributed by atoms with Crippen molar-refractivity contribution in [1.29, 1.82) is 0 Å². The maximum Gasteiger partial charge on any atom is 0.312 e. The van der Waals surface area contributed by atoms with E-state index in [4.69, 9.17) is 5.11 Å². The van der Waals surface area contributed by atoms with Crippen LogP contribution < -0.4 is 0 Å². The van der Waals surface area contributed by atoms with Crippen molar-refractivity contribution in [2.75, 3.05) is 0 Å². The first kappa shape index (κ1) is 6.52. The maximum atomic E-state index is 12.3. The van der Waals surface area contributed by atoms with Gasteiger partial charge in [-0.25, -0.2) is 4.39 Å². The predicted molar refractivity (Wildman–Crippen MR) is 29.9 cm³/mol. The molecule has 0 unspecified atom stereocenters. The summed E-state index contributed by atoms with van der Waals surface area (Å²) >= 11 is 0. The minimum absolute atomic E-state index is 0.207. The number of carbonyl (C=O) groups is 1. The van der Waals surface area contributed by atoms with Crippen LogP contribution in [-0.4, -0.2) is 17.2 Å². The second-order valence-corrected chi connectivity index (χ2v) is 2.49. The third-order valence-corrected chi connectivity index (χ3v) is 2.04. The molecule has 1 saturated carbocycles. The van der Waals surface area contributed by atoms with E-state index in [0.717, 1.165) is 0 Å². The van der Waals surface area contributed by atoms with E-state index in [1.165, 1.54) is 0 Å². The molecule has 1 rings (SSSR count). The fourth-order valence-electron chi connectivity index (χ4n) is 0.999. The average Bonchev–Trinajstić information content (AvgIpc) is 2.43. The fraction of sp³-hybridized carbons (Fsp3) is 0.833. The van der Waals surface area contributed by atoms with Gasteiger partial charge in [-0.15, -0.1) is 0 Å². The van der Waals surface area contributed by atoms with E-state index >= 15 is 0 Å². The van der Waals surface area contributed by atoms with Gasteiger partial charge in [-0.05, 0) is 12.8 Å². The summed E-state index contributed by atoms with van der Waals surface area (Å²) < 4.78 is 12.3. The molecule has 52 valence electrons. The summed E-state index contributed by atoms with van der Waals surface area (Å²) in [6, 6.07) is 0. The first-order chi connectivity index (χ1) is 4.13. The van der Waals surface area contributed by atoms with Crippen molar-refractivity contribution in [2.45, 2.75) is 25.9 Å². The molecule has 0 aromatic carbocycles. The van der Waals surface area contributed by atoms with Crippen LogP contribution in [0.15, 0.2) is 0 Å². The molecule has 0 aromatic rings. The van der Waals surface area contributed by atoms with Crippen LogP contribution in [0.25, 0.3) is 0 Å². The third kappa shape index (κ3) is 0.713. The highest BCUT2D eigenvalue weighted by Crippen LogP contribution is 2.51. The molecule has 0 radical (unpaired) electrons. The van der Waals surface area contributed by atoms with Gasteiger partial charge in [0.05, 0.1) is 0 Å². The minimum Gasteiger partial charge on any atom is -0.481 e. The Morgan fingerprint density at radius 3 is 2.44 bits per heavy atom. The van der Waals surface area contributed by atoms with Crippen LogP contribution >= 0.6 is 0 Å². The fourth-order valence-corrected chi connectivity index (χ4v) is 0.999. The molecule has 0 aliphatic heterocycles. The lowest BCUT2D eigenvalue weighted by molar-refractivity contribution is -0.144. The summed E-state index contributed by atoms with van der Waals surface area (Å²) in [7, 11) is 0. The molecule has 2 nitrogen and oxygen atoms in total. The van der Waals surface area contributed by atoms with Crippen molar-refractivity contribution >= 4 is 5.97 Å². The van der Waals surface area contributed by atoms with Crippen LogP contribution in [0.4, 0.5) is 4.39 Å². The Morgan fingerprint density at radius 1 is 2.00 bits per heavy atom. The van der Waals surface area contributed by atoms with Gasteiger partial charge < -0.3 is 5.11 Å². The highest BCUT2D eigenvalue weighted by Gasteiger charge is 2.60. The number of aliphatic carboxylic acids is 1. The SMILES string of the molecule is CC[C@@]1(C(=O)O)C[C@@H]1F. The quantitative estimate of drug-likeness (QED) is 0.613. The maximum absolute atomic E-state index is 12.3. The second-order valence-electron chi connectivity index (χ2n) is 2.49. The zero-order valence-corrected chi connectivity index (χ0v) is 5.22. The van der Waals surface area contributed by atoms with Crippen LogP contribution in [0.1, 0.15) is 19.8 Å². The summed E-state index contributed by atoms with van der Waals surface area (Å²) in [6.45, 7) is 1.70. The van der Waals surface area contributed by atoms with E-state index in [0.29, 0.717) is 6.42 Å². The number of hydrogen-bond acceptors (Lipinski definition) is 1. The first-order valence-corrected chi connectivity index (χ1v) is 3.01. The van der Waals surface area contributed by atoms with Crippen molar-refractivity contribution < 1.29 is 14.3 Å². The monoisotopic (exact) mass is 132 g/mol. The zero-order valence-electron chi connectivity index (χ0n) is 5.22. The van der Waals surface area contributed by atoms with Gasteiger partial charge in [-0.3, -0.25) is 4.79 Å². The molecule has 1 fully saturated rings. The molecule has 0 aromatic heterocycles. The standard InChI is InChI=1S/C6H9FO2/c1-2-6(5(8)9)3-4(6)7/h4H,2-3H2,1H3,(H,8,9)/t4-,6+/m0/s1. The molecule has 2 atom stereocenters. The molecule has 1 aliphatic carbocycles. The van der Waals surface area contributed by atoms with Crippen LogP contribution in [0.2, 0.25) is 0 Å². The van der Waals surface area contributed by atoms with E-state index in [-0.39, 0.29) is 6.42 Å². The number of carboxylic acids is 1. The zero-order chi connectivity index (χ0) is 7.07. The lowest BCUT2D eigenvalue weighted by Gasteiger charge is -2.02. The Labute approximate surface area is 52.7 Å². The van der Waals surface area contributed by atoms with E-state index in [1.54, 1.807) is 6.92 Å². The molecule has 1 N–H and O–H groups in total. The molecule has 9 heavy (non-hydrogen) atoms. The van der Waals surface area contributed by atoms with Gasteiger partial charge >= 0.3 is 5.97 Å². The molecule has 0 bridgehead atoms. The van der Waals surface area contributed by atoms with Gasteiger partial charge in [-0.2, -0.15) is 0 Å². The van der Waals surface area contributed by atoms with E-state index in [9.17, 15) is 9.18 Å².